The monoisotopic (exact) mass is 585 g/mol. The molecular formula is C23H19F3IN3O4. The second kappa shape index (κ2) is 11.2. The summed E-state index contributed by atoms with van der Waals surface area (Å²) >= 11 is 2.22. The molecule has 0 aliphatic rings. The summed E-state index contributed by atoms with van der Waals surface area (Å²) in [6.07, 6.45) is -3.32. The predicted octanol–water partition coefficient (Wildman–Crippen LogP) is 6.64. The Balaban J connectivity index is 1.74. The van der Waals surface area contributed by atoms with E-state index in [2.05, 4.69) is 33.1 Å². The van der Waals surface area contributed by atoms with Gasteiger partial charge in [-0.05, 0) is 83.1 Å². The minimum atomic E-state index is -4.69. The maximum atomic E-state index is 12.8. The summed E-state index contributed by atoms with van der Waals surface area (Å²) < 4.78 is 51.2. The molecule has 0 atom stereocenters. The smallest absolute Gasteiger partial charge is 0.416 e. The van der Waals surface area contributed by atoms with Gasteiger partial charge < -0.3 is 9.47 Å². The second-order valence-electron chi connectivity index (χ2n) is 6.91. The number of nitrogens with one attached hydrogen (secondary N) is 1. The lowest BCUT2D eigenvalue weighted by molar-refractivity contribution is -0.384. The van der Waals surface area contributed by atoms with E-state index >= 15 is 0 Å². The number of nitro benzene ring substituents is 1. The third kappa shape index (κ3) is 6.83. The van der Waals surface area contributed by atoms with Crippen molar-refractivity contribution in [3.63, 3.8) is 0 Å². The Hall–Kier alpha value is -3.35. The first-order chi connectivity index (χ1) is 16.2. The van der Waals surface area contributed by atoms with Gasteiger partial charge in [-0.2, -0.15) is 18.3 Å². The zero-order chi connectivity index (χ0) is 24.7. The molecule has 0 spiro atoms. The van der Waals surface area contributed by atoms with Crippen LogP contribution in [0.15, 0.2) is 65.8 Å². The van der Waals surface area contributed by atoms with Gasteiger partial charge in [0.05, 0.1) is 23.3 Å². The molecule has 0 aliphatic carbocycles. The molecule has 3 rings (SSSR count). The molecule has 178 valence electrons. The van der Waals surface area contributed by atoms with Gasteiger partial charge in [-0.1, -0.05) is 12.1 Å². The number of hydrogen-bond acceptors (Lipinski definition) is 6. The van der Waals surface area contributed by atoms with Crippen LogP contribution in [0.4, 0.5) is 24.5 Å². The molecule has 0 saturated carbocycles. The van der Waals surface area contributed by atoms with Crippen LogP contribution in [0.3, 0.4) is 0 Å². The van der Waals surface area contributed by atoms with Gasteiger partial charge >= 0.3 is 6.18 Å². The van der Waals surface area contributed by atoms with E-state index in [1.807, 2.05) is 31.2 Å². The van der Waals surface area contributed by atoms with Crippen molar-refractivity contribution in [2.75, 3.05) is 12.0 Å². The van der Waals surface area contributed by atoms with E-state index in [9.17, 15) is 23.3 Å². The highest BCUT2D eigenvalue weighted by Gasteiger charge is 2.33. The number of rotatable bonds is 9. The summed E-state index contributed by atoms with van der Waals surface area (Å²) in [7, 11) is 0. The first-order valence-electron chi connectivity index (χ1n) is 9.96. The number of nitro groups is 1. The molecule has 3 aromatic rings. The van der Waals surface area contributed by atoms with Crippen LogP contribution in [-0.2, 0) is 12.8 Å². The fourth-order valence-electron chi connectivity index (χ4n) is 2.86. The molecule has 3 aromatic carbocycles. The van der Waals surface area contributed by atoms with Crippen molar-refractivity contribution in [1.29, 1.82) is 0 Å². The quantitative estimate of drug-likeness (QED) is 0.132. The molecular weight excluding hydrogens is 566 g/mol. The molecule has 0 amide bonds. The first kappa shape index (κ1) is 25.3. The van der Waals surface area contributed by atoms with Crippen LogP contribution in [0.1, 0.15) is 23.6 Å². The van der Waals surface area contributed by atoms with Gasteiger partial charge in [0.1, 0.15) is 12.3 Å². The molecule has 11 heteroatoms. The van der Waals surface area contributed by atoms with Crippen LogP contribution < -0.4 is 14.9 Å². The summed E-state index contributed by atoms with van der Waals surface area (Å²) in [6.45, 7) is 2.58. The van der Waals surface area contributed by atoms with Crippen molar-refractivity contribution in [3.8, 4) is 11.5 Å². The largest absolute Gasteiger partial charge is 0.490 e. The number of ether oxygens (including phenoxy) is 2. The van der Waals surface area contributed by atoms with E-state index in [4.69, 9.17) is 9.47 Å². The lowest BCUT2D eigenvalue weighted by Gasteiger charge is -2.13. The minimum absolute atomic E-state index is 0.170. The van der Waals surface area contributed by atoms with Gasteiger partial charge in [-0.3, -0.25) is 15.5 Å². The number of benzene rings is 3. The Morgan fingerprint density at radius 1 is 1.06 bits per heavy atom. The average Bonchev–Trinajstić information content (AvgIpc) is 2.79. The fourth-order valence-corrected chi connectivity index (χ4v) is 3.22. The Bertz CT molecular complexity index is 1190. The van der Waals surface area contributed by atoms with Crippen molar-refractivity contribution in [3.05, 3.63) is 91.0 Å². The van der Waals surface area contributed by atoms with Crippen molar-refractivity contribution in [1.82, 2.24) is 0 Å². The highest BCUT2D eigenvalue weighted by atomic mass is 127. The average molecular weight is 585 g/mol. The van der Waals surface area contributed by atoms with Gasteiger partial charge in [0.25, 0.3) is 5.69 Å². The molecule has 0 fully saturated rings. The molecule has 0 saturated heterocycles. The Morgan fingerprint density at radius 2 is 1.79 bits per heavy atom. The molecule has 0 heterocycles. The second-order valence-corrected chi connectivity index (χ2v) is 8.16. The normalized spacial score (nSPS) is 11.4. The highest BCUT2D eigenvalue weighted by Crippen LogP contribution is 2.35. The van der Waals surface area contributed by atoms with E-state index in [0.717, 1.165) is 21.3 Å². The van der Waals surface area contributed by atoms with Crippen LogP contribution in [0.2, 0.25) is 0 Å². The molecule has 1 N–H and O–H groups in total. The van der Waals surface area contributed by atoms with Crippen LogP contribution in [0.5, 0.6) is 11.5 Å². The summed E-state index contributed by atoms with van der Waals surface area (Å²) in [6, 6.07) is 15.2. The Morgan fingerprint density at radius 3 is 2.44 bits per heavy atom. The van der Waals surface area contributed by atoms with Gasteiger partial charge in [0.2, 0.25) is 0 Å². The molecule has 0 unspecified atom stereocenters. The lowest BCUT2D eigenvalue weighted by Crippen LogP contribution is -2.06. The van der Waals surface area contributed by atoms with Crippen LogP contribution in [-0.4, -0.2) is 17.7 Å². The number of halogens is 4. The van der Waals surface area contributed by atoms with Crippen LogP contribution >= 0.6 is 22.6 Å². The van der Waals surface area contributed by atoms with Crippen LogP contribution in [0.25, 0.3) is 0 Å². The predicted molar refractivity (Wildman–Crippen MR) is 130 cm³/mol. The van der Waals surface area contributed by atoms with E-state index < -0.39 is 22.4 Å². The number of alkyl halides is 3. The first-order valence-corrected chi connectivity index (χ1v) is 11.0. The maximum absolute atomic E-state index is 12.8. The highest BCUT2D eigenvalue weighted by molar-refractivity contribution is 14.1. The Kier molecular flexibility index (Phi) is 8.31. The molecule has 0 aromatic heterocycles. The van der Waals surface area contributed by atoms with Crippen molar-refractivity contribution < 1.29 is 27.6 Å². The van der Waals surface area contributed by atoms with Crippen molar-refractivity contribution in [2.24, 2.45) is 5.10 Å². The number of hydrogen-bond donors (Lipinski definition) is 1. The molecule has 0 bridgehead atoms. The topological polar surface area (TPSA) is 86.0 Å². The third-order valence-corrected chi connectivity index (χ3v) is 5.21. The molecule has 0 radical (unpaired) electrons. The zero-order valence-corrected chi connectivity index (χ0v) is 20.0. The summed E-state index contributed by atoms with van der Waals surface area (Å²) in [5.74, 6) is 1.02. The molecule has 7 nitrogen and oxygen atoms in total. The van der Waals surface area contributed by atoms with Crippen molar-refractivity contribution >= 4 is 40.2 Å². The Labute approximate surface area is 206 Å². The van der Waals surface area contributed by atoms with Crippen molar-refractivity contribution in [2.45, 2.75) is 19.7 Å². The summed E-state index contributed by atoms with van der Waals surface area (Å²) in [5, 5.41) is 15.1. The van der Waals surface area contributed by atoms with E-state index in [1.54, 1.807) is 18.2 Å². The fraction of sp³-hybridized carbons (Fsp3) is 0.174. The number of hydrazone groups is 1. The molecule has 34 heavy (non-hydrogen) atoms. The van der Waals surface area contributed by atoms with Crippen LogP contribution in [0, 0.1) is 13.7 Å². The standard InChI is InChI=1S/C23H19F3IN3O4/c1-2-33-22-11-16(5-10-21(22)34-14-15-3-7-18(27)8-4-15)13-28-29-19-9-6-17(23(24,25)26)12-20(19)30(31)32/h3-13,29H,2,14H2,1H3/b28-13-. The summed E-state index contributed by atoms with van der Waals surface area (Å²) in [5.41, 5.74) is 1.99. The number of anilines is 1. The summed E-state index contributed by atoms with van der Waals surface area (Å²) in [4.78, 5) is 10.3. The zero-order valence-electron chi connectivity index (χ0n) is 17.8. The van der Waals surface area contributed by atoms with Gasteiger partial charge in [0.15, 0.2) is 11.5 Å². The minimum Gasteiger partial charge on any atom is -0.490 e. The van der Waals surface area contributed by atoms with E-state index in [-0.39, 0.29) is 5.69 Å². The maximum Gasteiger partial charge on any atom is 0.416 e. The van der Waals surface area contributed by atoms with Gasteiger partial charge in [-0.25, -0.2) is 0 Å². The van der Waals surface area contributed by atoms with Gasteiger partial charge in [-0.15, -0.1) is 0 Å². The lowest BCUT2D eigenvalue weighted by atomic mass is 10.1. The SMILES string of the molecule is CCOc1cc(/C=N\Nc2ccc(C(F)(F)F)cc2[N+](=O)[O-])ccc1OCc1ccc(I)cc1. The third-order valence-electron chi connectivity index (χ3n) is 4.50. The van der Waals surface area contributed by atoms with Gasteiger partial charge in [0, 0.05) is 9.64 Å². The number of nitrogens with zero attached hydrogens (tertiary/aromatic N) is 2. The van der Waals surface area contributed by atoms with E-state index in [0.29, 0.717) is 36.3 Å². The van der Waals surface area contributed by atoms with E-state index in [1.165, 1.54) is 6.21 Å². The molecule has 0 aliphatic heterocycles.